The van der Waals surface area contributed by atoms with E-state index >= 15 is 0 Å². The Labute approximate surface area is 152 Å². The van der Waals surface area contributed by atoms with Crippen LogP contribution in [0, 0.1) is 5.92 Å². The van der Waals surface area contributed by atoms with Gasteiger partial charge in [-0.15, -0.1) is 0 Å². The first-order valence-electron chi connectivity index (χ1n) is 8.60. The van der Waals surface area contributed by atoms with Crippen molar-refractivity contribution >= 4 is 23.3 Å². The highest BCUT2D eigenvalue weighted by Gasteiger charge is 2.28. The molecule has 136 valence electrons. The van der Waals surface area contributed by atoms with Crippen LogP contribution in [0.25, 0.3) is 0 Å². The van der Waals surface area contributed by atoms with E-state index in [1.54, 1.807) is 29.2 Å². The third kappa shape index (κ3) is 4.72. The number of carbonyl (C=O) groups is 2. The molecule has 0 aliphatic carbocycles. The number of nitrogens with one attached hydrogen (secondary N) is 1. The van der Waals surface area contributed by atoms with Crippen LogP contribution in [0.1, 0.15) is 12.8 Å². The normalized spacial score (nSPS) is 16.8. The number of aromatic nitrogens is 1. The van der Waals surface area contributed by atoms with Gasteiger partial charge in [0.2, 0.25) is 5.91 Å². The summed E-state index contributed by atoms with van der Waals surface area (Å²) in [5.74, 6) is 0.583. The molecule has 1 aromatic carbocycles. The van der Waals surface area contributed by atoms with Crippen molar-refractivity contribution < 1.29 is 14.3 Å². The Morgan fingerprint density at radius 2 is 2.04 bits per heavy atom. The molecule has 2 amide bonds. The summed E-state index contributed by atoms with van der Waals surface area (Å²) < 4.78 is 5.51. The number of hydrogen-bond acceptors (Lipinski definition) is 5. The quantitative estimate of drug-likeness (QED) is 0.855. The highest BCUT2D eigenvalue weighted by atomic mass is 16.5. The van der Waals surface area contributed by atoms with Crippen molar-refractivity contribution in [2.45, 2.75) is 12.8 Å². The number of ether oxygens (including phenoxy) is 1. The molecule has 3 rings (SSSR count). The fourth-order valence-electron chi connectivity index (χ4n) is 2.89. The van der Waals surface area contributed by atoms with Gasteiger partial charge in [0.05, 0.1) is 17.8 Å². The van der Waals surface area contributed by atoms with E-state index in [2.05, 4.69) is 10.3 Å². The molecular weight excluding hydrogens is 332 g/mol. The topological polar surface area (TPSA) is 97.6 Å². The molecular formula is C19H22N4O3. The van der Waals surface area contributed by atoms with Crippen LogP contribution in [0.3, 0.4) is 0 Å². The standard InChI is InChI=1S/C19H22N4O3/c20-17-9-8-15(11-21-17)22-19(25)14-5-4-10-23(12-14)18(24)13-26-16-6-2-1-3-7-16/h1-3,6-9,11,14H,4-5,10,12-13H2,(H2,20,21)(H,22,25). The number of nitrogens with two attached hydrogens (primary N) is 1. The SMILES string of the molecule is Nc1ccc(NC(=O)C2CCCN(C(=O)COc3ccccc3)C2)cn1. The Kier molecular flexibility index (Phi) is 5.68. The third-order valence-corrected chi connectivity index (χ3v) is 4.30. The van der Waals surface area contributed by atoms with Crippen LogP contribution in [0.15, 0.2) is 48.7 Å². The number of rotatable bonds is 5. The van der Waals surface area contributed by atoms with Gasteiger partial charge in [0.25, 0.3) is 5.91 Å². The van der Waals surface area contributed by atoms with Crippen molar-refractivity contribution in [3.8, 4) is 5.75 Å². The van der Waals surface area contributed by atoms with Crippen molar-refractivity contribution in [3.63, 3.8) is 0 Å². The summed E-state index contributed by atoms with van der Waals surface area (Å²) in [7, 11) is 0. The van der Waals surface area contributed by atoms with E-state index in [4.69, 9.17) is 10.5 Å². The lowest BCUT2D eigenvalue weighted by atomic mass is 9.97. The molecule has 1 unspecified atom stereocenters. The summed E-state index contributed by atoms with van der Waals surface area (Å²) in [6.07, 6.45) is 3.05. The molecule has 1 aromatic heterocycles. The first kappa shape index (κ1) is 17.7. The Bertz CT molecular complexity index is 749. The molecule has 2 heterocycles. The van der Waals surface area contributed by atoms with Crippen molar-refractivity contribution in [1.82, 2.24) is 9.88 Å². The van der Waals surface area contributed by atoms with Crippen LogP contribution in [0.4, 0.5) is 11.5 Å². The summed E-state index contributed by atoms with van der Waals surface area (Å²) in [5.41, 5.74) is 6.14. The molecule has 0 saturated carbocycles. The number of piperidine rings is 1. The molecule has 7 heteroatoms. The maximum atomic E-state index is 12.5. The molecule has 1 aliphatic heterocycles. The lowest BCUT2D eigenvalue weighted by molar-refractivity contribution is -0.136. The summed E-state index contributed by atoms with van der Waals surface area (Å²) in [5, 5.41) is 2.83. The number of likely N-dealkylation sites (tertiary alicyclic amines) is 1. The van der Waals surface area contributed by atoms with Gasteiger partial charge in [0.1, 0.15) is 11.6 Å². The number of benzene rings is 1. The maximum Gasteiger partial charge on any atom is 0.260 e. The number of para-hydroxylation sites is 1. The van der Waals surface area contributed by atoms with Crippen LogP contribution >= 0.6 is 0 Å². The molecule has 1 atom stereocenters. The zero-order chi connectivity index (χ0) is 18.4. The Morgan fingerprint density at radius 3 is 2.77 bits per heavy atom. The smallest absolute Gasteiger partial charge is 0.260 e. The van der Waals surface area contributed by atoms with Crippen molar-refractivity contribution in [1.29, 1.82) is 0 Å². The van der Waals surface area contributed by atoms with Gasteiger partial charge in [0.15, 0.2) is 6.61 Å². The third-order valence-electron chi connectivity index (χ3n) is 4.30. The second-order valence-corrected chi connectivity index (χ2v) is 6.24. The van der Waals surface area contributed by atoms with Crippen LogP contribution < -0.4 is 15.8 Å². The van der Waals surface area contributed by atoms with E-state index in [9.17, 15) is 9.59 Å². The number of nitrogens with zero attached hydrogens (tertiary/aromatic N) is 2. The molecule has 3 N–H and O–H groups in total. The molecule has 0 radical (unpaired) electrons. The molecule has 26 heavy (non-hydrogen) atoms. The van der Waals surface area contributed by atoms with Crippen LogP contribution in [0.2, 0.25) is 0 Å². The van der Waals surface area contributed by atoms with Crippen LogP contribution in [-0.2, 0) is 9.59 Å². The summed E-state index contributed by atoms with van der Waals surface area (Å²) in [6, 6.07) is 12.5. The molecule has 1 aliphatic rings. The first-order chi connectivity index (χ1) is 12.6. The lowest BCUT2D eigenvalue weighted by Crippen LogP contribution is -2.45. The van der Waals surface area contributed by atoms with E-state index in [0.29, 0.717) is 30.3 Å². The zero-order valence-electron chi connectivity index (χ0n) is 14.4. The van der Waals surface area contributed by atoms with E-state index in [1.165, 1.54) is 6.20 Å². The molecule has 7 nitrogen and oxygen atoms in total. The van der Waals surface area contributed by atoms with Gasteiger partial charge in [-0.1, -0.05) is 18.2 Å². The second kappa shape index (κ2) is 8.33. The number of nitrogen functional groups attached to an aromatic ring is 1. The fraction of sp³-hybridized carbons (Fsp3) is 0.316. The summed E-state index contributed by atoms with van der Waals surface area (Å²) in [6.45, 7) is 1.01. The average Bonchev–Trinajstić information content (AvgIpc) is 2.69. The fourth-order valence-corrected chi connectivity index (χ4v) is 2.89. The highest BCUT2D eigenvalue weighted by Crippen LogP contribution is 2.19. The minimum atomic E-state index is -0.248. The van der Waals surface area contributed by atoms with E-state index in [-0.39, 0.29) is 24.3 Å². The summed E-state index contributed by atoms with van der Waals surface area (Å²) in [4.78, 5) is 30.5. The largest absolute Gasteiger partial charge is 0.484 e. The lowest BCUT2D eigenvalue weighted by Gasteiger charge is -2.32. The average molecular weight is 354 g/mol. The minimum absolute atomic E-state index is 0.0275. The predicted octanol–water partition coefficient (Wildman–Crippen LogP) is 1.92. The van der Waals surface area contributed by atoms with Crippen LogP contribution in [0.5, 0.6) is 5.75 Å². The van der Waals surface area contributed by atoms with E-state index < -0.39 is 0 Å². The second-order valence-electron chi connectivity index (χ2n) is 6.24. The van der Waals surface area contributed by atoms with Crippen molar-refractivity contribution in [2.24, 2.45) is 5.92 Å². The van der Waals surface area contributed by atoms with Gasteiger partial charge in [-0.05, 0) is 37.1 Å². The zero-order valence-corrected chi connectivity index (χ0v) is 14.4. The van der Waals surface area contributed by atoms with Gasteiger partial charge in [-0.25, -0.2) is 4.98 Å². The Balaban J connectivity index is 1.52. The Morgan fingerprint density at radius 1 is 1.23 bits per heavy atom. The van der Waals surface area contributed by atoms with Crippen molar-refractivity contribution in [3.05, 3.63) is 48.7 Å². The highest BCUT2D eigenvalue weighted by molar-refractivity contribution is 5.93. The number of carbonyl (C=O) groups excluding carboxylic acids is 2. The van der Waals surface area contributed by atoms with Gasteiger partial charge in [-0.3, -0.25) is 9.59 Å². The molecule has 0 bridgehead atoms. The molecule has 0 spiro atoms. The van der Waals surface area contributed by atoms with Gasteiger partial charge in [0, 0.05) is 13.1 Å². The Hall–Kier alpha value is -3.09. The molecule has 2 aromatic rings. The number of pyridine rings is 1. The van der Waals surface area contributed by atoms with Gasteiger partial charge >= 0.3 is 0 Å². The number of anilines is 2. The van der Waals surface area contributed by atoms with Gasteiger partial charge < -0.3 is 20.7 Å². The molecule has 1 saturated heterocycles. The number of hydrogen-bond donors (Lipinski definition) is 2. The minimum Gasteiger partial charge on any atom is -0.484 e. The summed E-state index contributed by atoms with van der Waals surface area (Å²) >= 11 is 0. The predicted molar refractivity (Wildman–Crippen MR) is 98.5 cm³/mol. The maximum absolute atomic E-state index is 12.5. The van der Waals surface area contributed by atoms with Crippen molar-refractivity contribution in [2.75, 3.05) is 30.7 Å². The van der Waals surface area contributed by atoms with Gasteiger partial charge in [-0.2, -0.15) is 0 Å². The monoisotopic (exact) mass is 354 g/mol. The van der Waals surface area contributed by atoms with E-state index in [0.717, 1.165) is 12.8 Å². The van der Waals surface area contributed by atoms with E-state index in [1.807, 2.05) is 18.2 Å². The molecule has 1 fully saturated rings. The number of amides is 2. The first-order valence-corrected chi connectivity index (χ1v) is 8.60. The van der Waals surface area contributed by atoms with Crippen LogP contribution in [-0.4, -0.2) is 41.4 Å².